The van der Waals surface area contributed by atoms with Crippen LogP contribution >= 0.6 is 0 Å². The van der Waals surface area contributed by atoms with Gasteiger partial charge < -0.3 is 19.7 Å². The molecule has 1 aliphatic heterocycles. The number of carbonyl (C=O) groups is 2. The first kappa shape index (κ1) is 27.8. The maximum atomic E-state index is 13.8. The number of fused-ring (bicyclic) bond motifs is 1. The molecule has 206 valence electrons. The maximum absolute atomic E-state index is 13.8. The fourth-order valence-corrected chi connectivity index (χ4v) is 5.83. The van der Waals surface area contributed by atoms with Crippen molar-refractivity contribution in [3.8, 4) is 11.5 Å². The molecule has 0 saturated heterocycles. The Hall–Kier alpha value is -3.27. The number of anilines is 1. The van der Waals surface area contributed by atoms with Gasteiger partial charge >= 0.3 is 0 Å². The normalized spacial score (nSPS) is 16.1. The summed E-state index contributed by atoms with van der Waals surface area (Å²) in [6.07, 6.45) is 4.00. The topological polar surface area (TPSA) is 105 Å². The summed E-state index contributed by atoms with van der Waals surface area (Å²) in [6, 6.07) is 11.9. The predicted molar refractivity (Wildman–Crippen MR) is 146 cm³/mol. The molecule has 0 bridgehead atoms. The molecule has 2 amide bonds. The Labute approximate surface area is 225 Å². The van der Waals surface area contributed by atoms with Crippen molar-refractivity contribution >= 4 is 27.5 Å². The molecule has 1 aliphatic carbocycles. The van der Waals surface area contributed by atoms with E-state index in [1.807, 2.05) is 31.2 Å². The maximum Gasteiger partial charge on any atom is 0.244 e. The summed E-state index contributed by atoms with van der Waals surface area (Å²) in [6.45, 7) is 5.71. The number of nitrogens with one attached hydrogen (secondary N) is 1. The van der Waals surface area contributed by atoms with E-state index in [1.165, 1.54) is 11.8 Å². The first-order valence-corrected chi connectivity index (χ1v) is 14.8. The smallest absolute Gasteiger partial charge is 0.244 e. The van der Waals surface area contributed by atoms with E-state index in [-0.39, 0.29) is 24.2 Å². The number of amides is 2. The highest BCUT2D eigenvalue weighted by Gasteiger charge is 2.32. The zero-order valence-corrected chi connectivity index (χ0v) is 23.1. The summed E-state index contributed by atoms with van der Waals surface area (Å²) in [5.41, 5.74) is 2.24. The van der Waals surface area contributed by atoms with E-state index >= 15 is 0 Å². The van der Waals surface area contributed by atoms with Gasteiger partial charge in [-0.1, -0.05) is 42.7 Å². The van der Waals surface area contributed by atoms with Crippen LogP contribution in [0.1, 0.15) is 50.7 Å². The largest absolute Gasteiger partial charge is 0.486 e. The molecule has 2 aromatic carbocycles. The van der Waals surface area contributed by atoms with Crippen LogP contribution in [-0.4, -0.2) is 62.7 Å². The molecule has 1 heterocycles. The third-order valence-electron chi connectivity index (χ3n) is 7.14. The van der Waals surface area contributed by atoms with Crippen LogP contribution in [0.4, 0.5) is 5.69 Å². The van der Waals surface area contributed by atoms with Crippen molar-refractivity contribution in [2.24, 2.45) is 0 Å². The van der Waals surface area contributed by atoms with E-state index in [0.717, 1.165) is 41.1 Å². The Morgan fingerprint density at radius 3 is 2.34 bits per heavy atom. The van der Waals surface area contributed by atoms with Crippen LogP contribution in [0, 0.1) is 6.92 Å². The van der Waals surface area contributed by atoms with Gasteiger partial charge in [-0.15, -0.1) is 0 Å². The lowest BCUT2D eigenvalue weighted by Gasteiger charge is -2.32. The Morgan fingerprint density at radius 1 is 1.03 bits per heavy atom. The van der Waals surface area contributed by atoms with Crippen LogP contribution in [-0.2, 0) is 26.2 Å². The van der Waals surface area contributed by atoms with Crippen molar-refractivity contribution in [2.75, 3.05) is 29.8 Å². The Balaban J connectivity index is 1.61. The van der Waals surface area contributed by atoms with Crippen LogP contribution in [0.3, 0.4) is 0 Å². The molecular formula is C28H37N3O6S. The molecule has 4 rings (SSSR count). The molecule has 0 radical (unpaired) electrons. The lowest BCUT2D eigenvalue weighted by atomic mass is 10.1. The van der Waals surface area contributed by atoms with Gasteiger partial charge in [0.05, 0.1) is 11.4 Å². The Bertz CT molecular complexity index is 1240. The van der Waals surface area contributed by atoms with Gasteiger partial charge in [0.2, 0.25) is 21.8 Å². The molecule has 38 heavy (non-hydrogen) atoms. The molecule has 1 fully saturated rings. The van der Waals surface area contributed by atoms with Crippen molar-refractivity contribution in [1.29, 1.82) is 0 Å². The van der Waals surface area contributed by atoms with Crippen molar-refractivity contribution < 1.29 is 27.5 Å². The van der Waals surface area contributed by atoms with E-state index in [4.69, 9.17) is 9.47 Å². The Morgan fingerprint density at radius 2 is 1.68 bits per heavy atom. The highest BCUT2D eigenvalue weighted by atomic mass is 32.2. The van der Waals surface area contributed by atoms with Crippen LogP contribution in [0.15, 0.2) is 42.5 Å². The van der Waals surface area contributed by atoms with Gasteiger partial charge in [-0.2, -0.15) is 0 Å². The highest BCUT2D eigenvalue weighted by Crippen LogP contribution is 2.35. The van der Waals surface area contributed by atoms with Crippen molar-refractivity contribution in [3.05, 3.63) is 53.6 Å². The fraction of sp³-hybridized carbons (Fsp3) is 0.500. The van der Waals surface area contributed by atoms with E-state index in [2.05, 4.69) is 5.32 Å². The molecule has 2 aliphatic rings. The number of hydrogen-bond acceptors (Lipinski definition) is 6. The van der Waals surface area contributed by atoms with Gasteiger partial charge in [0.25, 0.3) is 0 Å². The molecular weight excluding hydrogens is 506 g/mol. The summed E-state index contributed by atoms with van der Waals surface area (Å²) in [4.78, 5) is 28.5. The van der Waals surface area contributed by atoms with Gasteiger partial charge in [0.15, 0.2) is 11.5 Å². The summed E-state index contributed by atoms with van der Waals surface area (Å²) in [7, 11) is -3.82. The minimum atomic E-state index is -3.82. The number of rotatable bonds is 10. The minimum Gasteiger partial charge on any atom is -0.486 e. The third kappa shape index (κ3) is 6.59. The van der Waals surface area contributed by atoms with E-state index in [1.54, 1.807) is 25.1 Å². The molecule has 9 nitrogen and oxygen atoms in total. The summed E-state index contributed by atoms with van der Waals surface area (Å²) < 4.78 is 38.6. The molecule has 1 saturated carbocycles. The van der Waals surface area contributed by atoms with Gasteiger partial charge in [-0.05, 0) is 51.3 Å². The molecule has 1 unspecified atom stereocenters. The number of hydrogen-bond donors (Lipinski definition) is 1. The molecule has 2 aromatic rings. The zero-order chi connectivity index (χ0) is 27.3. The summed E-state index contributed by atoms with van der Waals surface area (Å²) in [5.74, 6) is 0.0644. The van der Waals surface area contributed by atoms with Crippen molar-refractivity contribution in [3.63, 3.8) is 0 Å². The fourth-order valence-electron chi connectivity index (χ4n) is 4.77. The monoisotopic (exact) mass is 543 g/mol. The number of benzene rings is 2. The van der Waals surface area contributed by atoms with Crippen LogP contribution < -0.4 is 19.1 Å². The van der Waals surface area contributed by atoms with E-state index in [0.29, 0.717) is 30.4 Å². The predicted octanol–water partition coefficient (Wildman–Crippen LogP) is 3.40. The lowest BCUT2D eigenvalue weighted by Crippen LogP contribution is -2.52. The molecule has 0 spiro atoms. The second kappa shape index (κ2) is 12.1. The quantitative estimate of drug-likeness (QED) is 0.493. The minimum absolute atomic E-state index is 0.107. The lowest BCUT2D eigenvalue weighted by molar-refractivity contribution is -0.139. The van der Waals surface area contributed by atoms with Crippen molar-refractivity contribution in [1.82, 2.24) is 10.2 Å². The zero-order valence-electron chi connectivity index (χ0n) is 22.3. The van der Waals surface area contributed by atoms with Crippen molar-refractivity contribution in [2.45, 2.75) is 65.1 Å². The molecule has 1 N–H and O–H groups in total. The molecule has 10 heteroatoms. The van der Waals surface area contributed by atoms with Gasteiger partial charge in [-0.25, -0.2) is 8.42 Å². The van der Waals surface area contributed by atoms with Crippen LogP contribution in [0.25, 0.3) is 0 Å². The molecule has 1 atom stereocenters. The SMILES string of the molecule is CCS(=O)(=O)N(CC(=O)N(Cc1ccc(C)cc1)C(C)C(=O)NC1CCCC1)c1ccc2c(c1)OCCO2. The van der Waals surface area contributed by atoms with Crippen LogP contribution in [0.5, 0.6) is 11.5 Å². The number of sulfonamides is 1. The summed E-state index contributed by atoms with van der Waals surface area (Å²) in [5, 5.41) is 3.07. The highest BCUT2D eigenvalue weighted by molar-refractivity contribution is 7.92. The standard InChI is InChI=1S/C28H37N3O6S/c1-4-38(34,35)31(24-13-14-25-26(17-24)37-16-15-36-25)19-27(32)30(18-22-11-9-20(2)10-12-22)21(3)28(33)29-23-7-5-6-8-23/h9-14,17,21,23H,4-8,15-16,18-19H2,1-3H3,(H,29,33). The molecule has 0 aromatic heterocycles. The van der Waals surface area contributed by atoms with E-state index < -0.39 is 28.5 Å². The number of ether oxygens (including phenoxy) is 2. The average molecular weight is 544 g/mol. The average Bonchev–Trinajstić information content (AvgIpc) is 3.43. The second-order valence-electron chi connectivity index (χ2n) is 9.91. The Kier molecular flexibility index (Phi) is 8.81. The summed E-state index contributed by atoms with van der Waals surface area (Å²) >= 11 is 0. The van der Waals surface area contributed by atoms with Gasteiger partial charge in [0, 0.05) is 18.7 Å². The van der Waals surface area contributed by atoms with E-state index in [9.17, 15) is 18.0 Å². The third-order valence-corrected chi connectivity index (χ3v) is 8.88. The number of carbonyl (C=O) groups excluding carboxylic acids is 2. The second-order valence-corrected chi connectivity index (χ2v) is 12.1. The number of aryl methyl sites for hydroxylation is 1. The number of nitrogens with zero attached hydrogens (tertiary/aromatic N) is 2. The first-order valence-electron chi connectivity index (χ1n) is 13.2. The van der Waals surface area contributed by atoms with Crippen LogP contribution in [0.2, 0.25) is 0 Å². The van der Waals surface area contributed by atoms with Gasteiger partial charge in [-0.3, -0.25) is 13.9 Å². The van der Waals surface area contributed by atoms with Gasteiger partial charge in [0.1, 0.15) is 25.8 Å². The first-order chi connectivity index (χ1) is 18.2.